The summed E-state index contributed by atoms with van der Waals surface area (Å²) in [5, 5.41) is 9.48. The van der Waals surface area contributed by atoms with Crippen LogP contribution in [-0.4, -0.2) is 0 Å². The molecule has 1 aliphatic carbocycles. The number of hydrogen-bond donors (Lipinski definition) is 0. The highest BCUT2D eigenvalue weighted by Gasteiger charge is 2.47. The Kier molecular flexibility index (Phi) is 6.10. The lowest BCUT2D eigenvalue weighted by molar-refractivity contribution is 0.359. The molecule has 220 valence electrons. The van der Waals surface area contributed by atoms with Gasteiger partial charge in [0.05, 0.1) is 17.0 Å². The van der Waals surface area contributed by atoms with Crippen molar-refractivity contribution in [2.75, 3.05) is 0 Å². The number of rotatable bonds is 4. The summed E-state index contributed by atoms with van der Waals surface area (Å²) in [5.74, 6) is 2.72. The Balaban J connectivity index is 1.18. The molecule has 0 unspecified atom stereocenters. The van der Waals surface area contributed by atoms with Crippen molar-refractivity contribution in [3.63, 3.8) is 0 Å². The van der Waals surface area contributed by atoms with Crippen LogP contribution in [0.25, 0.3) is 33.4 Å². The van der Waals surface area contributed by atoms with Gasteiger partial charge in [0.25, 0.3) is 0 Å². The van der Waals surface area contributed by atoms with Crippen LogP contribution in [0.2, 0.25) is 0 Å². The van der Waals surface area contributed by atoms with Crippen LogP contribution in [-0.2, 0) is 5.41 Å². The van der Waals surface area contributed by atoms with Gasteiger partial charge in [-0.25, -0.2) is 0 Å². The smallest absolute Gasteiger partial charge is 0.170 e. The molecule has 1 heterocycles. The first-order valence-electron chi connectivity index (χ1n) is 15.7. The van der Waals surface area contributed by atoms with E-state index in [9.17, 15) is 5.26 Å². The van der Waals surface area contributed by atoms with E-state index >= 15 is 0 Å². The summed E-state index contributed by atoms with van der Waals surface area (Å²) in [6.45, 7) is 0. The van der Waals surface area contributed by atoms with Gasteiger partial charge in [-0.3, -0.25) is 0 Å². The lowest BCUT2D eigenvalue weighted by Gasteiger charge is -2.34. The number of fused-ring (bicyclic) bond motifs is 5. The monoisotopic (exact) mass is 601 g/mol. The van der Waals surface area contributed by atoms with Gasteiger partial charge in [0.1, 0.15) is 0 Å². The molecule has 0 aromatic heterocycles. The molecule has 0 saturated carbocycles. The summed E-state index contributed by atoms with van der Waals surface area (Å²) in [5.41, 5.74) is 11.4. The SMILES string of the molecule is N#Cc1cccc(-c2ccccc2-c2ccc3c(c2)Oc2cc4c(cc2O3)C(c2ccccc2)(c2ccccc2)c2ccccc2-4)c1. The molecule has 7 aromatic rings. The summed E-state index contributed by atoms with van der Waals surface area (Å²) in [6, 6.07) is 58.8. The van der Waals surface area contributed by atoms with E-state index in [1.54, 1.807) is 0 Å². The number of nitriles is 1. The molecule has 0 bridgehead atoms. The molecule has 0 spiro atoms. The number of nitrogens with zero attached hydrogens (tertiary/aromatic N) is 1. The minimum absolute atomic E-state index is 0.510. The molecule has 0 atom stereocenters. The first kappa shape index (κ1) is 27.0. The third kappa shape index (κ3) is 4.13. The molecule has 0 amide bonds. The highest BCUT2D eigenvalue weighted by molar-refractivity contribution is 5.89. The molecular weight excluding hydrogens is 574 g/mol. The van der Waals surface area contributed by atoms with Crippen LogP contribution in [0.5, 0.6) is 23.0 Å². The van der Waals surface area contributed by atoms with Gasteiger partial charge >= 0.3 is 0 Å². The van der Waals surface area contributed by atoms with Gasteiger partial charge in [-0.05, 0) is 92.0 Å². The Hall–Kier alpha value is -6.37. The standard InChI is InChI=1S/C44H27NO2/c45-28-29-12-11-13-30(24-29)34-18-7-8-19-35(34)31-22-23-40-41(25-31)47-42-26-37-36-20-9-10-21-38(36)44(32-14-3-1-4-15-32,33-16-5-2-6-17-33)39(37)27-43(42)46-40/h1-27H. The van der Waals surface area contributed by atoms with Crippen LogP contribution >= 0.6 is 0 Å². The van der Waals surface area contributed by atoms with Gasteiger partial charge in [-0.2, -0.15) is 5.26 Å². The second-order valence-corrected chi connectivity index (χ2v) is 12.0. The normalized spacial score (nSPS) is 13.2. The zero-order valence-electron chi connectivity index (χ0n) is 25.4. The van der Waals surface area contributed by atoms with Crippen LogP contribution in [0.15, 0.2) is 164 Å². The predicted molar refractivity (Wildman–Crippen MR) is 186 cm³/mol. The van der Waals surface area contributed by atoms with Gasteiger partial charge in [0, 0.05) is 0 Å². The van der Waals surface area contributed by atoms with Gasteiger partial charge in [0.15, 0.2) is 23.0 Å². The molecule has 9 rings (SSSR count). The number of benzene rings is 7. The summed E-state index contributed by atoms with van der Waals surface area (Å²) in [6.07, 6.45) is 0. The van der Waals surface area contributed by atoms with Crippen molar-refractivity contribution in [1.82, 2.24) is 0 Å². The Morgan fingerprint density at radius 2 is 0.979 bits per heavy atom. The second-order valence-electron chi connectivity index (χ2n) is 12.0. The van der Waals surface area contributed by atoms with Crippen molar-refractivity contribution in [2.45, 2.75) is 5.41 Å². The third-order valence-electron chi connectivity index (χ3n) is 9.45. The third-order valence-corrected chi connectivity index (χ3v) is 9.45. The van der Waals surface area contributed by atoms with E-state index in [0.717, 1.165) is 27.8 Å². The molecule has 1 aliphatic heterocycles. The van der Waals surface area contributed by atoms with Crippen LogP contribution in [0.3, 0.4) is 0 Å². The molecule has 0 fully saturated rings. The molecule has 0 N–H and O–H groups in total. The molecule has 2 aliphatic rings. The van der Waals surface area contributed by atoms with E-state index in [4.69, 9.17) is 9.47 Å². The van der Waals surface area contributed by atoms with Crippen molar-refractivity contribution in [3.05, 3.63) is 192 Å². The van der Waals surface area contributed by atoms with Crippen molar-refractivity contribution in [2.24, 2.45) is 0 Å². The van der Waals surface area contributed by atoms with Gasteiger partial charge in [-0.1, -0.05) is 127 Å². The van der Waals surface area contributed by atoms with Crippen molar-refractivity contribution >= 4 is 0 Å². The first-order valence-corrected chi connectivity index (χ1v) is 15.7. The van der Waals surface area contributed by atoms with Crippen LogP contribution in [0.1, 0.15) is 27.8 Å². The second kappa shape index (κ2) is 10.6. The van der Waals surface area contributed by atoms with E-state index in [0.29, 0.717) is 28.6 Å². The lowest BCUT2D eigenvalue weighted by atomic mass is 9.67. The van der Waals surface area contributed by atoms with Gasteiger partial charge in [0.2, 0.25) is 0 Å². The highest BCUT2D eigenvalue weighted by atomic mass is 16.6. The molecule has 0 radical (unpaired) electrons. The van der Waals surface area contributed by atoms with Crippen molar-refractivity contribution < 1.29 is 9.47 Å². The average molecular weight is 602 g/mol. The fourth-order valence-electron chi connectivity index (χ4n) is 7.43. The van der Waals surface area contributed by atoms with Crippen molar-refractivity contribution in [1.29, 1.82) is 5.26 Å². The average Bonchev–Trinajstić information content (AvgIpc) is 3.43. The first-order chi connectivity index (χ1) is 23.2. The quantitative estimate of drug-likeness (QED) is 0.202. The predicted octanol–water partition coefficient (Wildman–Crippen LogP) is 11.2. The maximum absolute atomic E-state index is 9.48. The molecule has 3 heteroatoms. The summed E-state index contributed by atoms with van der Waals surface area (Å²) in [7, 11) is 0. The molecular formula is C44H27NO2. The lowest BCUT2D eigenvalue weighted by Crippen LogP contribution is -2.28. The van der Waals surface area contributed by atoms with Gasteiger partial charge in [-0.15, -0.1) is 0 Å². The molecule has 47 heavy (non-hydrogen) atoms. The van der Waals surface area contributed by atoms with E-state index < -0.39 is 5.41 Å². The van der Waals surface area contributed by atoms with Crippen LogP contribution in [0.4, 0.5) is 0 Å². The molecule has 7 aromatic carbocycles. The van der Waals surface area contributed by atoms with Crippen molar-refractivity contribution in [3.8, 4) is 62.4 Å². The van der Waals surface area contributed by atoms with Crippen LogP contribution in [0, 0.1) is 11.3 Å². The van der Waals surface area contributed by atoms with Gasteiger partial charge < -0.3 is 9.47 Å². The largest absolute Gasteiger partial charge is 0.450 e. The molecule has 0 saturated heterocycles. The fraction of sp³-hybridized carbons (Fsp3) is 0.0227. The summed E-state index contributed by atoms with van der Waals surface area (Å²) < 4.78 is 13.3. The van der Waals surface area contributed by atoms with E-state index in [1.165, 1.54) is 27.8 Å². The Morgan fingerprint density at radius 1 is 0.404 bits per heavy atom. The Labute approximate surface area is 273 Å². The van der Waals surface area contributed by atoms with Crippen LogP contribution < -0.4 is 9.47 Å². The zero-order chi connectivity index (χ0) is 31.4. The Bertz CT molecular complexity index is 2330. The van der Waals surface area contributed by atoms with E-state index in [-0.39, 0.29) is 0 Å². The maximum atomic E-state index is 9.48. The number of hydrogen-bond acceptors (Lipinski definition) is 3. The van der Waals surface area contributed by atoms with E-state index in [1.807, 2.05) is 48.5 Å². The zero-order valence-corrected chi connectivity index (χ0v) is 25.4. The maximum Gasteiger partial charge on any atom is 0.170 e. The Morgan fingerprint density at radius 3 is 1.68 bits per heavy atom. The minimum Gasteiger partial charge on any atom is -0.450 e. The summed E-state index contributed by atoms with van der Waals surface area (Å²) in [4.78, 5) is 0. The highest BCUT2D eigenvalue weighted by Crippen LogP contribution is 2.59. The fourth-order valence-corrected chi connectivity index (χ4v) is 7.43. The molecule has 3 nitrogen and oxygen atoms in total. The topological polar surface area (TPSA) is 42.2 Å². The minimum atomic E-state index is -0.510. The number of ether oxygens (including phenoxy) is 2. The van der Waals surface area contributed by atoms with E-state index in [2.05, 4.69) is 121 Å². The summed E-state index contributed by atoms with van der Waals surface area (Å²) >= 11 is 0.